The molecule has 0 saturated carbocycles. The number of hydrogen-bond acceptors (Lipinski definition) is 2. The van der Waals surface area contributed by atoms with Crippen molar-refractivity contribution < 1.29 is 18.0 Å². The molecule has 18 heavy (non-hydrogen) atoms. The smallest absolute Gasteiger partial charge is 0.291 e. The van der Waals surface area contributed by atoms with E-state index in [1.807, 2.05) is 0 Å². The van der Waals surface area contributed by atoms with Crippen molar-refractivity contribution in [3.63, 3.8) is 0 Å². The Balaban J connectivity index is 2.27. The fourth-order valence-corrected chi connectivity index (χ4v) is 1.48. The van der Waals surface area contributed by atoms with Gasteiger partial charge in [-0.1, -0.05) is 6.07 Å². The monoisotopic (exact) mass is 251 g/mol. The van der Waals surface area contributed by atoms with Gasteiger partial charge in [-0.3, -0.25) is 4.79 Å². The van der Waals surface area contributed by atoms with E-state index in [0.717, 1.165) is 17.7 Å². The van der Waals surface area contributed by atoms with E-state index in [1.54, 1.807) is 13.8 Å². The van der Waals surface area contributed by atoms with Gasteiger partial charge in [0.2, 0.25) is 0 Å². The van der Waals surface area contributed by atoms with Crippen molar-refractivity contribution in [3.05, 3.63) is 53.0 Å². The van der Waals surface area contributed by atoms with E-state index < -0.39 is 23.2 Å². The molecule has 0 bridgehead atoms. The molecular formula is C13H11F2NO2. The highest BCUT2D eigenvalue weighted by Crippen LogP contribution is 2.20. The number of aryl methyl sites for hydroxylation is 2. The van der Waals surface area contributed by atoms with Gasteiger partial charge in [0.1, 0.15) is 23.1 Å². The maximum absolute atomic E-state index is 13.3. The highest BCUT2D eigenvalue weighted by molar-refractivity contribution is 6.02. The van der Waals surface area contributed by atoms with Crippen LogP contribution in [0.5, 0.6) is 0 Å². The first-order valence-corrected chi connectivity index (χ1v) is 5.31. The summed E-state index contributed by atoms with van der Waals surface area (Å²) in [4.78, 5) is 11.7. The molecule has 1 aromatic heterocycles. The van der Waals surface area contributed by atoms with Crippen LogP contribution in [0.15, 0.2) is 28.7 Å². The molecule has 0 radical (unpaired) electrons. The Morgan fingerprint density at radius 1 is 1.22 bits per heavy atom. The van der Waals surface area contributed by atoms with Gasteiger partial charge in [-0.2, -0.15) is 0 Å². The number of carbonyl (C=O) groups excluding carboxylic acids is 1. The standard InChI is InChI=1S/C13H11F2NO2/c1-7-6-11(18-8(7)2)13(17)16-12-9(14)4-3-5-10(12)15/h3-6H,1-2H3,(H,16,17). The zero-order chi connectivity index (χ0) is 13.3. The third-order valence-corrected chi connectivity index (χ3v) is 2.59. The van der Waals surface area contributed by atoms with Gasteiger partial charge in [-0.05, 0) is 37.6 Å². The molecule has 1 heterocycles. The Morgan fingerprint density at radius 3 is 2.33 bits per heavy atom. The second kappa shape index (κ2) is 4.60. The third kappa shape index (κ3) is 2.25. The molecule has 0 spiro atoms. The molecule has 0 unspecified atom stereocenters. The molecule has 0 saturated heterocycles. The van der Waals surface area contributed by atoms with Crippen molar-refractivity contribution in [2.75, 3.05) is 5.32 Å². The fourth-order valence-electron chi connectivity index (χ4n) is 1.48. The van der Waals surface area contributed by atoms with Gasteiger partial charge in [-0.25, -0.2) is 8.78 Å². The molecule has 0 aliphatic carbocycles. The van der Waals surface area contributed by atoms with Gasteiger partial charge < -0.3 is 9.73 Å². The lowest BCUT2D eigenvalue weighted by Gasteiger charge is -2.05. The fraction of sp³-hybridized carbons (Fsp3) is 0.154. The van der Waals surface area contributed by atoms with Gasteiger partial charge in [0.05, 0.1) is 0 Å². The van der Waals surface area contributed by atoms with Crippen LogP contribution in [-0.4, -0.2) is 5.91 Å². The van der Waals surface area contributed by atoms with Crippen LogP contribution in [0.3, 0.4) is 0 Å². The summed E-state index contributed by atoms with van der Waals surface area (Å²) in [7, 11) is 0. The molecule has 3 nitrogen and oxygen atoms in total. The number of nitrogens with one attached hydrogen (secondary N) is 1. The molecule has 1 N–H and O–H groups in total. The molecule has 1 aromatic carbocycles. The van der Waals surface area contributed by atoms with Crippen molar-refractivity contribution in [3.8, 4) is 0 Å². The van der Waals surface area contributed by atoms with Gasteiger partial charge in [-0.15, -0.1) is 0 Å². The summed E-state index contributed by atoms with van der Waals surface area (Å²) >= 11 is 0. The number of halogens is 2. The van der Waals surface area contributed by atoms with Crippen LogP contribution in [-0.2, 0) is 0 Å². The average molecular weight is 251 g/mol. The highest BCUT2D eigenvalue weighted by atomic mass is 19.1. The van der Waals surface area contributed by atoms with Crippen molar-refractivity contribution in [2.24, 2.45) is 0 Å². The summed E-state index contributed by atoms with van der Waals surface area (Å²) in [5.74, 6) is -1.73. The first-order chi connectivity index (χ1) is 8.49. The van der Waals surface area contributed by atoms with Crippen LogP contribution >= 0.6 is 0 Å². The summed E-state index contributed by atoms with van der Waals surface area (Å²) in [5.41, 5.74) is 0.323. The number of furan rings is 1. The topological polar surface area (TPSA) is 42.2 Å². The van der Waals surface area contributed by atoms with Crippen LogP contribution in [0.4, 0.5) is 14.5 Å². The lowest BCUT2D eigenvalue weighted by molar-refractivity contribution is 0.0994. The van der Waals surface area contributed by atoms with E-state index in [4.69, 9.17) is 4.42 Å². The Morgan fingerprint density at radius 2 is 1.83 bits per heavy atom. The molecule has 2 rings (SSSR count). The predicted molar refractivity (Wildman–Crippen MR) is 62.5 cm³/mol. The maximum Gasteiger partial charge on any atom is 0.291 e. The number of hydrogen-bond donors (Lipinski definition) is 1. The number of amides is 1. The highest BCUT2D eigenvalue weighted by Gasteiger charge is 2.16. The Labute approximate surface area is 102 Å². The van der Waals surface area contributed by atoms with Crippen LogP contribution in [0.1, 0.15) is 21.9 Å². The van der Waals surface area contributed by atoms with Gasteiger partial charge in [0, 0.05) is 0 Å². The zero-order valence-electron chi connectivity index (χ0n) is 9.88. The Bertz CT molecular complexity index is 565. The van der Waals surface area contributed by atoms with E-state index in [-0.39, 0.29) is 5.76 Å². The SMILES string of the molecule is Cc1cc(C(=O)Nc2c(F)cccc2F)oc1C. The minimum Gasteiger partial charge on any atom is -0.456 e. The van der Waals surface area contributed by atoms with Crippen LogP contribution in [0.2, 0.25) is 0 Å². The first kappa shape index (κ1) is 12.3. The minimum absolute atomic E-state index is 0.0210. The lowest BCUT2D eigenvalue weighted by atomic mass is 10.2. The van der Waals surface area contributed by atoms with Crippen LogP contribution < -0.4 is 5.32 Å². The maximum atomic E-state index is 13.3. The second-order valence-electron chi connectivity index (χ2n) is 3.90. The summed E-state index contributed by atoms with van der Waals surface area (Å²) in [5, 5.41) is 2.15. The molecule has 0 aliphatic heterocycles. The van der Waals surface area contributed by atoms with E-state index >= 15 is 0 Å². The number of anilines is 1. The number of benzene rings is 1. The first-order valence-electron chi connectivity index (χ1n) is 5.31. The van der Waals surface area contributed by atoms with Crippen LogP contribution in [0.25, 0.3) is 0 Å². The molecular weight excluding hydrogens is 240 g/mol. The molecule has 94 valence electrons. The van der Waals surface area contributed by atoms with Crippen molar-refractivity contribution in [2.45, 2.75) is 13.8 Å². The largest absolute Gasteiger partial charge is 0.456 e. The van der Waals surface area contributed by atoms with E-state index in [1.165, 1.54) is 12.1 Å². The van der Waals surface area contributed by atoms with Crippen molar-refractivity contribution in [1.29, 1.82) is 0 Å². The molecule has 2 aromatic rings. The summed E-state index contributed by atoms with van der Waals surface area (Å²) in [6, 6.07) is 4.87. The molecule has 0 atom stereocenters. The van der Waals surface area contributed by atoms with Crippen molar-refractivity contribution in [1.82, 2.24) is 0 Å². The predicted octanol–water partition coefficient (Wildman–Crippen LogP) is 3.43. The van der Waals surface area contributed by atoms with Crippen molar-refractivity contribution >= 4 is 11.6 Å². The number of carbonyl (C=O) groups is 1. The van der Waals surface area contributed by atoms with Crippen LogP contribution in [0, 0.1) is 25.5 Å². The summed E-state index contributed by atoms with van der Waals surface area (Å²) in [6.45, 7) is 3.48. The number of rotatable bonds is 2. The molecule has 0 aliphatic rings. The Kier molecular flexibility index (Phi) is 3.14. The summed E-state index contributed by atoms with van der Waals surface area (Å²) in [6.07, 6.45) is 0. The van der Waals surface area contributed by atoms with E-state index in [0.29, 0.717) is 5.76 Å². The van der Waals surface area contributed by atoms with Gasteiger partial charge in [0.15, 0.2) is 5.76 Å². The molecule has 1 amide bonds. The zero-order valence-corrected chi connectivity index (χ0v) is 9.88. The van der Waals surface area contributed by atoms with E-state index in [2.05, 4.69) is 5.32 Å². The van der Waals surface area contributed by atoms with Gasteiger partial charge in [0.25, 0.3) is 5.91 Å². The van der Waals surface area contributed by atoms with E-state index in [9.17, 15) is 13.6 Å². The average Bonchev–Trinajstić information content (AvgIpc) is 2.64. The normalized spacial score (nSPS) is 10.4. The lowest BCUT2D eigenvalue weighted by Crippen LogP contribution is -2.13. The minimum atomic E-state index is -0.830. The van der Waals surface area contributed by atoms with Gasteiger partial charge >= 0.3 is 0 Å². The second-order valence-corrected chi connectivity index (χ2v) is 3.90. The Hall–Kier alpha value is -2.17. The third-order valence-electron chi connectivity index (χ3n) is 2.59. The molecule has 5 heteroatoms. The summed E-state index contributed by atoms with van der Waals surface area (Å²) < 4.78 is 31.8. The molecule has 0 fully saturated rings. The quantitative estimate of drug-likeness (QED) is 0.888. The number of para-hydroxylation sites is 1.